The van der Waals surface area contributed by atoms with E-state index in [0.717, 1.165) is 53.8 Å². The quantitative estimate of drug-likeness (QED) is 0.398. The molecule has 2 fully saturated rings. The Balaban J connectivity index is 1.42. The number of nitrogens with one attached hydrogen (secondary N) is 1. The van der Waals surface area contributed by atoms with Crippen LogP contribution >= 0.6 is 0 Å². The normalized spacial score (nSPS) is 21.2. The number of alkyl halides is 4. The summed E-state index contributed by atoms with van der Waals surface area (Å²) in [4.78, 5) is 24.2. The van der Waals surface area contributed by atoms with E-state index in [1.165, 1.54) is 13.0 Å². The number of nitrogens with zero attached hydrogens (tertiary/aromatic N) is 5. The highest BCUT2D eigenvalue weighted by Gasteiger charge is 2.49. The first-order valence-corrected chi connectivity index (χ1v) is 14.3. The van der Waals surface area contributed by atoms with Crippen LogP contribution in [0.15, 0.2) is 47.6 Å². The summed E-state index contributed by atoms with van der Waals surface area (Å²) in [6, 6.07) is 4.85. The minimum atomic E-state index is -4.75. The number of carbonyl (C=O) groups excluding carboxylic acids is 1. The summed E-state index contributed by atoms with van der Waals surface area (Å²) >= 11 is 0. The minimum Gasteiger partial charge on any atom is -0.349 e. The summed E-state index contributed by atoms with van der Waals surface area (Å²) in [6.45, 7) is 1.09. The van der Waals surface area contributed by atoms with Crippen LogP contribution in [-0.4, -0.2) is 51.8 Å². The van der Waals surface area contributed by atoms with Crippen LogP contribution < -0.4 is 5.32 Å². The van der Waals surface area contributed by atoms with E-state index in [4.69, 9.17) is 0 Å². The van der Waals surface area contributed by atoms with Crippen LogP contribution in [0, 0.1) is 17.1 Å². The summed E-state index contributed by atoms with van der Waals surface area (Å²) in [5.74, 6) is -2.86. The molecule has 220 valence electrons. The molecule has 3 unspecified atom stereocenters. The van der Waals surface area contributed by atoms with Crippen LogP contribution in [0.1, 0.15) is 54.9 Å². The van der Waals surface area contributed by atoms with E-state index >= 15 is 0 Å². The van der Waals surface area contributed by atoms with Gasteiger partial charge < -0.3 is 5.32 Å². The zero-order valence-corrected chi connectivity index (χ0v) is 22.8. The Morgan fingerprint density at radius 2 is 1.81 bits per heavy atom. The van der Waals surface area contributed by atoms with Crippen molar-refractivity contribution in [1.29, 1.82) is 5.26 Å². The molecule has 5 rings (SSSR count). The van der Waals surface area contributed by atoms with Crippen molar-refractivity contribution in [3.63, 3.8) is 0 Å². The molecule has 0 bridgehead atoms. The molecule has 1 aliphatic carbocycles. The van der Waals surface area contributed by atoms with Crippen molar-refractivity contribution >= 4 is 15.9 Å². The first kappa shape index (κ1) is 29.5. The molecular weight excluding hydrogens is 583 g/mol. The smallest absolute Gasteiger partial charge is 0.349 e. The highest BCUT2D eigenvalue weighted by Crippen LogP contribution is 2.43. The highest BCUT2D eigenvalue weighted by atomic mass is 32.2. The Kier molecular flexibility index (Phi) is 7.71. The molecule has 3 atom stereocenters. The van der Waals surface area contributed by atoms with E-state index in [1.54, 1.807) is 0 Å². The molecule has 3 aromatic rings. The predicted octanol–water partition coefficient (Wildman–Crippen LogP) is 4.25. The number of hydrogen-bond donors (Lipinski definition) is 1. The number of sulfonamides is 1. The van der Waals surface area contributed by atoms with Gasteiger partial charge in [0.15, 0.2) is 0 Å². The molecule has 1 saturated heterocycles. The lowest BCUT2D eigenvalue weighted by molar-refractivity contribution is -0.145. The molecule has 15 heteroatoms. The summed E-state index contributed by atoms with van der Waals surface area (Å²) in [5.41, 5.74) is 1.18. The molecule has 1 amide bonds. The molecule has 3 heterocycles. The monoisotopic (exact) mass is 606 g/mol. The van der Waals surface area contributed by atoms with Crippen molar-refractivity contribution in [2.75, 3.05) is 0 Å². The average Bonchev–Trinajstić information content (AvgIpc) is 3.75. The molecule has 42 heavy (non-hydrogen) atoms. The zero-order chi connectivity index (χ0) is 30.4. The van der Waals surface area contributed by atoms with Crippen LogP contribution in [0.25, 0.3) is 11.1 Å². The van der Waals surface area contributed by atoms with Crippen molar-refractivity contribution in [3.05, 3.63) is 71.3 Å². The summed E-state index contributed by atoms with van der Waals surface area (Å²) in [6.07, 6.45) is -3.41. The van der Waals surface area contributed by atoms with Crippen molar-refractivity contribution in [1.82, 2.24) is 24.6 Å². The number of benzene rings is 1. The average molecular weight is 607 g/mol. The fourth-order valence-electron chi connectivity index (χ4n) is 4.91. The number of pyridine rings is 1. The van der Waals surface area contributed by atoms with E-state index in [2.05, 4.69) is 26.3 Å². The van der Waals surface area contributed by atoms with E-state index in [1.807, 2.05) is 0 Å². The number of carbonyl (C=O) groups is 1. The van der Waals surface area contributed by atoms with Gasteiger partial charge in [-0.25, -0.2) is 27.2 Å². The zero-order valence-electron chi connectivity index (χ0n) is 21.9. The Bertz CT molecular complexity index is 1660. The maximum Gasteiger partial charge on any atom is 0.451 e. The topological polar surface area (TPSA) is 129 Å². The van der Waals surface area contributed by atoms with Crippen molar-refractivity contribution in [2.24, 2.45) is 0 Å². The van der Waals surface area contributed by atoms with Crippen LogP contribution in [0.3, 0.4) is 0 Å². The third-order valence-corrected chi connectivity index (χ3v) is 9.22. The van der Waals surface area contributed by atoms with E-state index in [0.29, 0.717) is 5.69 Å². The number of nitriles is 1. The summed E-state index contributed by atoms with van der Waals surface area (Å²) in [5, 5.41) is 12.4. The predicted molar refractivity (Wildman–Crippen MR) is 137 cm³/mol. The number of aromatic nitrogens is 3. The first-order chi connectivity index (χ1) is 19.8. The molecule has 0 radical (unpaired) electrons. The highest BCUT2D eigenvalue weighted by molar-refractivity contribution is 7.89. The second-order valence-corrected chi connectivity index (χ2v) is 12.0. The number of rotatable bonds is 7. The number of amides is 1. The Morgan fingerprint density at radius 3 is 2.38 bits per heavy atom. The van der Waals surface area contributed by atoms with Crippen molar-refractivity contribution in [3.8, 4) is 17.2 Å². The lowest BCUT2D eigenvalue weighted by Crippen LogP contribution is -2.48. The largest absolute Gasteiger partial charge is 0.451 e. The van der Waals surface area contributed by atoms with Crippen LogP contribution in [-0.2, 0) is 27.5 Å². The standard InChI is InChI=1S/C27H23F5N6O3S/c1-14-22(29)9-23(38(14)42(40,41)19-6-4-17(28)5-7-19)25(39)34-13-18-8-20(21(10-33)24(37-18)15-2-3-15)16-11-35-26(36-12-16)27(30,31)32/h4-8,11-12,14-15,22-23H,2-3,9,13H2,1H3,(H,34,39). The molecule has 9 nitrogen and oxygen atoms in total. The molecular formula is C27H23F5N6O3S. The van der Waals surface area contributed by atoms with Gasteiger partial charge in [-0.3, -0.25) is 9.78 Å². The maximum absolute atomic E-state index is 14.8. The molecule has 1 saturated carbocycles. The van der Waals surface area contributed by atoms with E-state index in [-0.39, 0.29) is 39.7 Å². The van der Waals surface area contributed by atoms with E-state index < -0.39 is 58.4 Å². The van der Waals surface area contributed by atoms with Gasteiger partial charge in [-0.1, -0.05) is 0 Å². The fourth-order valence-corrected chi connectivity index (χ4v) is 6.72. The number of hydrogen-bond acceptors (Lipinski definition) is 7. The minimum absolute atomic E-state index is 0.0521. The molecule has 2 aliphatic rings. The second kappa shape index (κ2) is 11.0. The molecule has 1 aromatic carbocycles. The molecule has 0 spiro atoms. The maximum atomic E-state index is 14.8. The van der Waals surface area contributed by atoms with Gasteiger partial charge in [0.1, 0.15) is 24.1 Å². The number of halogens is 5. The summed E-state index contributed by atoms with van der Waals surface area (Å²) < 4.78 is 94.4. The van der Waals surface area contributed by atoms with Gasteiger partial charge >= 0.3 is 6.18 Å². The fraction of sp³-hybridized carbons (Fsp3) is 0.370. The lowest BCUT2D eigenvalue weighted by atomic mass is 9.98. The van der Waals surface area contributed by atoms with Crippen LogP contribution in [0.4, 0.5) is 22.0 Å². The van der Waals surface area contributed by atoms with Gasteiger partial charge in [-0.05, 0) is 50.1 Å². The first-order valence-electron chi connectivity index (χ1n) is 12.9. The van der Waals surface area contributed by atoms with Gasteiger partial charge in [-0.15, -0.1) is 0 Å². The Hall–Kier alpha value is -4.03. The Labute approximate surface area is 237 Å². The van der Waals surface area contributed by atoms with Gasteiger partial charge in [0.25, 0.3) is 0 Å². The third kappa shape index (κ3) is 5.68. The molecule has 1 N–H and O–H groups in total. The molecule has 1 aliphatic heterocycles. The van der Waals surface area contributed by atoms with Crippen molar-refractivity contribution < 1.29 is 35.2 Å². The van der Waals surface area contributed by atoms with Gasteiger partial charge in [0, 0.05) is 35.9 Å². The van der Waals surface area contributed by atoms with E-state index in [9.17, 15) is 40.4 Å². The third-order valence-electron chi connectivity index (χ3n) is 7.21. The van der Waals surface area contributed by atoms with Gasteiger partial charge in [-0.2, -0.15) is 22.7 Å². The molecule has 2 aromatic heterocycles. The van der Waals surface area contributed by atoms with Crippen LogP contribution in [0.2, 0.25) is 0 Å². The second-order valence-electron chi connectivity index (χ2n) is 10.1. The lowest BCUT2D eigenvalue weighted by Gasteiger charge is -2.27. The SMILES string of the molecule is CC1C(F)CC(C(=O)NCc2cc(-c3cnc(C(F)(F)F)nc3)c(C#N)c(C3CC3)n2)N1S(=O)(=O)c1ccc(F)cc1. The summed E-state index contributed by atoms with van der Waals surface area (Å²) in [7, 11) is -4.37. The van der Waals surface area contributed by atoms with Gasteiger partial charge in [0.2, 0.25) is 21.8 Å². The van der Waals surface area contributed by atoms with Crippen molar-refractivity contribution in [2.45, 2.75) is 68.0 Å². The Morgan fingerprint density at radius 1 is 1.17 bits per heavy atom. The van der Waals surface area contributed by atoms with Gasteiger partial charge in [0.05, 0.1) is 34.4 Å². The van der Waals surface area contributed by atoms with Crippen LogP contribution in [0.5, 0.6) is 0 Å².